The highest BCUT2D eigenvalue weighted by molar-refractivity contribution is 5.96. The molecule has 27 heavy (non-hydrogen) atoms. The van der Waals surface area contributed by atoms with E-state index >= 15 is 0 Å². The zero-order valence-corrected chi connectivity index (χ0v) is 14.5. The number of anilines is 1. The molecule has 2 fully saturated rings. The van der Waals surface area contributed by atoms with Crippen molar-refractivity contribution in [2.75, 3.05) is 31.1 Å². The van der Waals surface area contributed by atoms with E-state index in [1.54, 1.807) is 0 Å². The van der Waals surface area contributed by atoms with Crippen LogP contribution in [-0.4, -0.2) is 48.4 Å². The van der Waals surface area contributed by atoms with Crippen molar-refractivity contribution in [2.24, 2.45) is 0 Å². The fraction of sp³-hybridized carbons (Fsp3) is 0.562. The molecule has 2 aliphatic heterocycles. The van der Waals surface area contributed by atoms with Crippen molar-refractivity contribution in [1.29, 1.82) is 0 Å². The predicted molar refractivity (Wildman–Crippen MR) is 83.5 cm³/mol. The second-order valence-electron chi connectivity index (χ2n) is 5.72. The molecule has 1 aromatic rings. The van der Waals surface area contributed by atoms with Gasteiger partial charge in [-0.15, -0.1) is 0 Å². The van der Waals surface area contributed by atoms with Crippen molar-refractivity contribution >= 4 is 11.7 Å². The second-order valence-corrected chi connectivity index (χ2v) is 5.72. The molecule has 0 aromatic heterocycles. The maximum absolute atomic E-state index is 13.0. The first-order valence-corrected chi connectivity index (χ1v) is 8.18. The summed E-state index contributed by atoms with van der Waals surface area (Å²) in [5.41, 5.74) is -4.25. The number of carbonyl (C=O) groups is 1. The molecular weight excluding hydrogens is 382 g/mol. The third-order valence-electron chi connectivity index (χ3n) is 3.93. The van der Waals surface area contributed by atoms with E-state index in [2.05, 4.69) is 0 Å². The Hall–Kier alpha value is -2.17. The molecule has 2 amide bonds. The number of benzene rings is 1. The summed E-state index contributed by atoms with van der Waals surface area (Å²) >= 11 is 0. The smallest absolute Gasteiger partial charge is 0.420 e. The Labute approximate surface area is 151 Å². The molecule has 5 nitrogen and oxygen atoms in total. The highest BCUT2D eigenvalue weighted by Gasteiger charge is 2.43. The van der Waals surface area contributed by atoms with Gasteiger partial charge in [0, 0.05) is 13.1 Å². The molecule has 0 saturated carbocycles. The van der Waals surface area contributed by atoms with E-state index in [4.69, 9.17) is 4.74 Å². The third kappa shape index (κ3) is 4.57. The van der Waals surface area contributed by atoms with Gasteiger partial charge in [-0.25, -0.2) is 4.79 Å². The van der Waals surface area contributed by atoms with Crippen LogP contribution in [-0.2, 0) is 17.1 Å². The Balaban J connectivity index is 0.00000126. The van der Waals surface area contributed by atoms with Crippen LogP contribution in [0.15, 0.2) is 12.1 Å². The van der Waals surface area contributed by atoms with Crippen LogP contribution in [0.25, 0.3) is 0 Å². The minimum atomic E-state index is -5.20. The molecule has 0 bridgehead atoms. The van der Waals surface area contributed by atoms with Gasteiger partial charge < -0.3 is 14.7 Å². The number of phenolic OH excluding ortho intramolecular Hbond substituents is 1. The van der Waals surface area contributed by atoms with Crippen molar-refractivity contribution in [3.05, 3.63) is 23.3 Å². The van der Waals surface area contributed by atoms with Gasteiger partial charge in [-0.3, -0.25) is 4.90 Å². The SMILES string of the molecule is CC.O=C1N(CC2CO2)CCN1c1cc(C(F)(F)F)cc(C(F)(F)F)c1O. The molecule has 1 aromatic carbocycles. The molecule has 0 spiro atoms. The molecule has 0 radical (unpaired) electrons. The number of hydrogen-bond acceptors (Lipinski definition) is 3. The Morgan fingerprint density at radius 3 is 2.19 bits per heavy atom. The Morgan fingerprint density at radius 1 is 1.11 bits per heavy atom. The highest BCUT2D eigenvalue weighted by atomic mass is 19.4. The van der Waals surface area contributed by atoms with Gasteiger partial charge in [0.15, 0.2) is 5.75 Å². The van der Waals surface area contributed by atoms with Crippen LogP contribution in [0.4, 0.5) is 36.8 Å². The van der Waals surface area contributed by atoms with Crippen LogP contribution < -0.4 is 4.90 Å². The lowest BCUT2D eigenvalue weighted by atomic mass is 10.1. The van der Waals surface area contributed by atoms with Crippen molar-refractivity contribution in [3.63, 3.8) is 0 Å². The number of aromatic hydroxyl groups is 1. The zero-order valence-electron chi connectivity index (χ0n) is 14.5. The Morgan fingerprint density at radius 2 is 1.70 bits per heavy atom. The van der Waals surface area contributed by atoms with Gasteiger partial charge in [-0.05, 0) is 12.1 Å². The summed E-state index contributed by atoms with van der Waals surface area (Å²) in [7, 11) is 0. The Bertz CT molecular complexity index is 701. The average Bonchev–Trinajstić information content (AvgIpc) is 3.31. The summed E-state index contributed by atoms with van der Waals surface area (Å²) in [6, 6.07) is -0.604. The molecule has 2 saturated heterocycles. The first kappa shape index (κ1) is 21.1. The monoisotopic (exact) mass is 400 g/mol. The normalized spacial score (nSPS) is 19.9. The van der Waals surface area contributed by atoms with Crippen LogP contribution in [0.1, 0.15) is 25.0 Å². The first-order valence-electron chi connectivity index (χ1n) is 8.18. The number of halogens is 6. The van der Waals surface area contributed by atoms with Crippen molar-refractivity contribution in [3.8, 4) is 5.75 Å². The minimum absolute atomic E-state index is 0.107. The minimum Gasteiger partial charge on any atom is -0.505 e. The van der Waals surface area contributed by atoms with Crippen molar-refractivity contribution in [2.45, 2.75) is 32.3 Å². The molecule has 2 aliphatic rings. The van der Waals surface area contributed by atoms with E-state index in [0.717, 1.165) is 0 Å². The van der Waals surface area contributed by atoms with E-state index in [9.17, 15) is 36.2 Å². The van der Waals surface area contributed by atoms with Crippen LogP contribution in [0.2, 0.25) is 0 Å². The van der Waals surface area contributed by atoms with Crippen LogP contribution >= 0.6 is 0 Å². The summed E-state index contributed by atoms with van der Waals surface area (Å²) in [6.45, 7) is 4.60. The summed E-state index contributed by atoms with van der Waals surface area (Å²) in [4.78, 5) is 14.2. The number of alkyl halides is 6. The first-order chi connectivity index (χ1) is 12.5. The molecule has 3 rings (SSSR count). The summed E-state index contributed by atoms with van der Waals surface area (Å²) in [6.07, 6.45) is -10.4. The molecular formula is C16H18F6N2O3. The summed E-state index contributed by atoms with van der Waals surface area (Å²) in [5, 5.41) is 9.85. The van der Waals surface area contributed by atoms with Gasteiger partial charge in [0.1, 0.15) is 0 Å². The number of urea groups is 1. The predicted octanol–water partition coefficient (Wildman–Crippen LogP) is 4.10. The number of amides is 2. The second kappa shape index (κ2) is 7.45. The number of epoxide rings is 1. The number of hydrogen-bond donors (Lipinski definition) is 1. The fourth-order valence-electron chi connectivity index (χ4n) is 2.60. The fourth-order valence-corrected chi connectivity index (χ4v) is 2.60. The van der Waals surface area contributed by atoms with E-state index in [1.807, 2.05) is 13.8 Å². The van der Waals surface area contributed by atoms with Crippen molar-refractivity contribution in [1.82, 2.24) is 4.90 Å². The molecule has 152 valence electrons. The van der Waals surface area contributed by atoms with Gasteiger partial charge in [-0.1, -0.05) is 13.8 Å². The summed E-state index contributed by atoms with van der Waals surface area (Å²) in [5.74, 6) is -1.40. The van der Waals surface area contributed by atoms with Crippen LogP contribution in [0.3, 0.4) is 0 Å². The zero-order chi connectivity index (χ0) is 20.6. The van der Waals surface area contributed by atoms with Crippen molar-refractivity contribution < 1.29 is 41.0 Å². The Kier molecular flexibility index (Phi) is 5.83. The number of ether oxygens (including phenoxy) is 1. The van der Waals surface area contributed by atoms with E-state index < -0.39 is 40.9 Å². The average molecular weight is 400 g/mol. The number of rotatable bonds is 3. The maximum Gasteiger partial charge on any atom is 0.420 e. The highest BCUT2D eigenvalue weighted by Crippen LogP contribution is 2.45. The van der Waals surface area contributed by atoms with E-state index in [1.165, 1.54) is 4.90 Å². The number of carbonyl (C=O) groups excluding carboxylic acids is 1. The van der Waals surface area contributed by atoms with Gasteiger partial charge in [-0.2, -0.15) is 26.3 Å². The van der Waals surface area contributed by atoms with Gasteiger partial charge in [0.2, 0.25) is 0 Å². The van der Waals surface area contributed by atoms with Gasteiger partial charge in [0.25, 0.3) is 0 Å². The molecule has 1 unspecified atom stereocenters. The summed E-state index contributed by atoms with van der Waals surface area (Å²) < 4.78 is 82.7. The van der Waals surface area contributed by atoms with Gasteiger partial charge >= 0.3 is 18.4 Å². The van der Waals surface area contributed by atoms with Gasteiger partial charge in [0.05, 0.1) is 36.1 Å². The molecule has 0 aliphatic carbocycles. The molecule has 2 heterocycles. The lowest BCUT2D eigenvalue weighted by molar-refractivity contribution is -0.143. The molecule has 1 N–H and O–H groups in total. The lowest BCUT2D eigenvalue weighted by Crippen LogP contribution is -2.34. The maximum atomic E-state index is 13.0. The lowest BCUT2D eigenvalue weighted by Gasteiger charge is -2.22. The number of phenols is 1. The standard InChI is InChI=1S/C14H12F6N2O3.C2H6/c15-13(16,17)7-3-9(14(18,19)20)11(23)10(4-7)22-2-1-21(12(22)24)5-8-6-25-8;1-2/h3-4,8,23H,1-2,5-6H2;1-2H3. The largest absolute Gasteiger partial charge is 0.505 e. The topological polar surface area (TPSA) is 56.3 Å². The molecule has 1 atom stereocenters. The van der Waals surface area contributed by atoms with Crippen LogP contribution in [0, 0.1) is 0 Å². The van der Waals surface area contributed by atoms with E-state index in [-0.39, 0.29) is 31.8 Å². The van der Waals surface area contributed by atoms with E-state index in [0.29, 0.717) is 17.6 Å². The third-order valence-corrected chi connectivity index (χ3v) is 3.93. The quantitative estimate of drug-likeness (QED) is 0.614. The van der Waals surface area contributed by atoms with Crippen LogP contribution in [0.5, 0.6) is 5.75 Å². The number of nitrogens with zero attached hydrogens (tertiary/aromatic N) is 2. The molecule has 11 heteroatoms.